The zero-order valence-corrected chi connectivity index (χ0v) is 19.7. The largest absolute Gasteiger partial charge is 0.372 e. The number of hydrogen-bond acceptors (Lipinski definition) is 7. The molecule has 0 saturated carbocycles. The smallest absolute Gasteiger partial charge is 0.229 e. The Morgan fingerprint density at radius 1 is 1.00 bits per heavy atom. The molecule has 0 bridgehead atoms. The Morgan fingerprint density at radius 2 is 1.62 bits per heavy atom. The van der Waals surface area contributed by atoms with Crippen LogP contribution in [0, 0.1) is 22.7 Å². The maximum atomic E-state index is 11.9. The number of nitrogens with one attached hydrogen (secondary N) is 1. The fourth-order valence-corrected chi connectivity index (χ4v) is 3.84. The molecule has 0 radical (unpaired) electrons. The van der Waals surface area contributed by atoms with Crippen molar-refractivity contribution in [1.82, 2.24) is 0 Å². The van der Waals surface area contributed by atoms with Gasteiger partial charge in [-0.15, -0.1) is 10.2 Å². The highest BCUT2D eigenvalue weighted by atomic mass is 32.2. The van der Waals surface area contributed by atoms with E-state index < -0.39 is 10.0 Å². The molecule has 9 heteroatoms. The summed E-state index contributed by atoms with van der Waals surface area (Å²) in [5, 5.41) is 27.5. The molecular weight excluding hydrogens is 424 g/mol. The summed E-state index contributed by atoms with van der Waals surface area (Å²) >= 11 is 0. The Labute approximate surface area is 190 Å². The van der Waals surface area contributed by atoms with Crippen LogP contribution in [0.5, 0.6) is 0 Å². The summed E-state index contributed by atoms with van der Waals surface area (Å²) in [6.07, 6.45) is 3.79. The lowest BCUT2D eigenvalue weighted by molar-refractivity contribution is 0.607. The molecule has 2 aromatic carbocycles. The Bertz CT molecular complexity index is 1140. The second-order valence-electron chi connectivity index (χ2n) is 7.31. The van der Waals surface area contributed by atoms with Crippen molar-refractivity contribution in [2.24, 2.45) is 10.2 Å². The van der Waals surface area contributed by atoms with Gasteiger partial charge in [-0.25, -0.2) is 8.42 Å². The standard InChI is InChI=1S/C23H28N6O2S/c1-5-8-9-17-12-18(15-24)23(19(13-17)16-25)27-26-21-11-10-20(29(6-2)7-3)14-22(21)28-32(4,30)31/h10-14,28H,5-9H2,1-4H3. The van der Waals surface area contributed by atoms with E-state index in [9.17, 15) is 18.9 Å². The van der Waals surface area contributed by atoms with Crippen LogP contribution in [0.2, 0.25) is 0 Å². The molecule has 32 heavy (non-hydrogen) atoms. The lowest BCUT2D eigenvalue weighted by Gasteiger charge is -2.22. The van der Waals surface area contributed by atoms with Gasteiger partial charge in [0.1, 0.15) is 23.5 Å². The molecular formula is C23H28N6O2S. The molecule has 2 aromatic rings. The third-order valence-corrected chi connectivity index (χ3v) is 5.48. The lowest BCUT2D eigenvalue weighted by Crippen LogP contribution is -2.22. The van der Waals surface area contributed by atoms with Gasteiger partial charge in [0.2, 0.25) is 10.0 Å². The number of nitrogens with zero attached hydrogens (tertiary/aromatic N) is 5. The van der Waals surface area contributed by atoms with E-state index in [-0.39, 0.29) is 28.2 Å². The SMILES string of the molecule is CCCCc1cc(C#N)c(N=Nc2ccc(N(CC)CC)cc2NS(C)(=O)=O)c(C#N)c1. The molecule has 2 rings (SSSR count). The molecule has 0 atom stereocenters. The Morgan fingerprint density at radius 3 is 2.12 bits per heavy atom. The van der Waals surface area contributed by atoms with Gasteiger partial charge in [0.25, 0.3) is 0 Å². The van der Waals surface area contributed by atoms with Crippen LogP contribution in [0.25, 0.3) is 0 Å². The van der Waals surface area contributed by atoms with Gasteiger partial charge in [0.15, 0.2) is 0 Å². The number of sulfonamides is 1. The monoisotopic (exact) mass is 452 g/mol. The van der Waals surface area contributed by atoms with Gasteiger partial charge < -0.3 is 4.90 Å². The fourth-order valence-electron chi connectivity index (χ4n) is 3.28. The van der Waals surface area contributed by atoms with Crippen molar-refractivity contribution in [3.05, 3.63) is 47.0 Å². The molecule has 0 saturated heterocycles. The number of unbranched alkanes of at least 4 members (excludes halogenated alkanes) is 1. The molecule has 0 spiro atoms. The fraction of sp³-hybridized carbons (Fsp3) is 0.391. The number of azo groups is 1. The normalized spacial score (nSPS) is 11.2. The number of benzene rings is 2. The summed E-state index contributed by atoms with van der Waals surface area (Å²) in [5.41, 5.74) is 3.00. The van der Waals surface area contributed by atoms with Gasteiger partial charge in [-0.05, 0) is 62.6 Å². The zero-order valence-electron chi connectivity index (χ0n) is 18.9. The molecule has 8 nitrogen and oxygen atoms in total. The minimum Gasteiger partial charge on any atom is -0.372 e. The first kappa shape index (κ1) is 24.8. The number of nitriles is 2. The van der Waals surface area contributed by atoms with E-state index in [1.165, 1.54) is 0 Å². The van der Waals surface area contributed by atoms with Crippen LogP contribution < -0.4 is 9.62 Å². The molecule has 0 heterocycles. The second kappa shape index (κ2) is 11.3. The highest BCUT2D eigenvalue weighted by Crippen LogP contribution is 2.34. The Hall–Kier alpha value is -3.43. The predicted octanol–water partition coefficient (Wildman–Crippen LogP) is 5.41. The molecule has 168 valence electrons. The molecule has 0 amide bonds. The van der Waals surface area contributed by atoms with Gasteiger partial charge >= 0.3 is 0 Å². The number of anilines is 2. The van der Waals surface area contributed by atoms with E-state index in [1.54, 1.807) is 24.3 Å². The Kier molecular flexibility index (Phi) is 8.74. The van der Waals surface area contributed by atoms with Crippen LogP contribution in [0.4, 0.5) is 22.7 Å². The van der Waals surface area contributed by atoms with E-state index in [4.69, 9.17) is 0 Å². The molecule has 0 unspecified atom stereocenters. The molecule has 0 aliphatic carbocycles. The van der Waals surface area contributed by atoms with E-state index >= 15 is 0 Å². The van der Waals surface area contributed by atoms with E-state index in [0.29, 0.717) is 0 Å². The first-order chi connectivity index (χ1) is 15.3. The van der Waals surface area contributed by atoms with Gasteiger partial charge in [0, 0.05) is 18.8 Å². The second-order valence-corrected chi connectivity index (χ2v) is 9.06. The summed E-state index contributed by atoms with van der Waals surface area (Å²) in [7, 11) is -3.55. The first-order valence-electron chi connectivity index (χ1n) is 10.5. The molecule has 0 aliphatic heterocycles. The Balaban J connectivity index is 2.54. The summed E-state index contributed by atoms with van der Waals surface area (Å²) in [4.78, 5) is 2.07. The van der Waals surface area contributed by atoms with Gasteiger partial charge in [-0.1, -0.05) is 13.3 Å². The van der Waals surface area contributed by atoms with Crippen LogP contribution in [0.15, 0.2) is 40.6 Å². The first-order valence-corrected chi connectivity index (χ1v) is 12.4. The van der Waals surface area contributed by atoms with Crippen LogP contribution in [0.1, 0.15) is 50.3 Å². The maximum Gasteiger partial charge on any atom is 0.229 e. The van der Waals surface area contributed by atoms with E-state index in [2.05, 4.69) is 38.9 Å². The summed E-state index contributed by atoms with van der Waals surface area (Å²) in [5.74, 6) is 0. The minimum atomic E-state index is -3.55. The van der Waals surface area contributed by atoms with Crippen LogP contribution in [-0.4, -0.2) is 27.8 Å². The molecule has 1 N–H and O–H groups in total. The van der Waals surface area contributed by atoms with Gasteiger partial charge in [0.05, 0.1) is 23.1 Å². The van der Waals surface area contributed by atoms with Crippen molar-refractivity contribution in [3.8, 4) is 12.1 Å². The topological polar surface area (TPSA) is 122 Å². The summed E-state index contributed by atoms with van der Waals surface area (Å²) in [6, 6.07) is 12.8. The average molecular weight is 453 g/mol. The minimum absolute atomic E-state index is 0.174. The third kappa shape index (κ3) is 6.53. The van der Waals surface area contributed by atoms with Crippen molar-refractivity contribution in [2.45, 2.75) is 40.0 Å². The molecule has 0 fully saturated rings. The number of rotatable bonds is 10. The maximum absolute atomic E-state index is 11.9. The lowest BCUT2D eigenvalue weighted by atomic mass is 10.0. The van der Waals surface area contributed by atoms with Crippen molar-refractivity contribution < 1.29 is 8.42 Å². The number of aryl methyl sites for hydroxylation is 1. The summed E-state index contributed by atoms with van der Waals surface area (Å²) < 4.78 is 26.3. The van der Waals surface area contributed by atoms with Crippen molar-refractivity contribution in [3.63, 3.8) is 0 Å². The van der Waals surface area contributed by atoms with Crippen molar-refractivity contribution in [1.29, 1.82) is 10.5 Å². The zero-order chi connectivity index (χ0) is 23.7. The number of hydrogen-bond donors (Lipinski definition) is 1. The average Bonchev–Trinajstić information content (AvgIpc) is 2.76. The highest BCUT2D eigenvalue weighted by Gasteiger charge is 2.14. The van der Waals surface area contributed by atoms with E-state index in [0.717, 1.165) is 49.9 Å². The predicted molar refractivity (Wildman–Crippen MR) is 127 cm³/mol. The quantitative estimate of drug-likeness (QED) is 0.483. The molecule has 0 aromatic heterocycles. The van der Waals surface area contributed by atoms with Gasteiger partial charge in [-0.3, -0.25) is 4.72 Å². The van der Waals surface area contributed by atoms with Crippen molar-refractivity contribution in [2.75, 3.05) is 29.0 Å². The van der Waals surface area contributed by atoms with E-state index in [1.807, 2.05) is 19.9 Å². The van der Waals surface area contributed by atoms with Crippen LogP contribution >= 0.6 is 0 Å². The molecule has 0 aliphatic rings. The van der Waals surface area contributed by atoms with Gasteiger partial charge in [-0.2, -0.15) is 10.5 Å². The third-order valence-electron chi connectivity index (χ3n) is 4.89. The summed E-state index contributed by atoms with van der Waals surface area (Å²) in [6.45, 7) is 7.62. The van der Waals surface area contributed by atoms with Crippen LogP contribution in [0.3, 0.4) is 0 Å². The highest BCUT2D eigenvalue weighted by molar-refractivity contribution is 7.92. The van der Waals surface area contributed by atoms with Crippen molar-refractivity contribution >= 4 is 32.8 Å². The van der Waals surface area contributed by atoms with Crippen LogP contribution in [-0.2, 0) is 16.4 Å².